The zero-order valence-corrected chi connectivity index (χ0v) is 11.0. The van der Waals surface area contributed by atoms with Crippen molar-refractivity contribution in [2.45, 2.75) is 52.2 Å². The van der Waals surface area contributed by atoms with Crippen LogP contribution in [-0.4, -0.2) is 8.32 Å². The van der Waals surface area contributed by atoms with E-state index in [0.717, 1.165) is 6.42 Å². The minimum absolute atomic E-state index is 1.09. The Morgan fingerprint density at radius 2 is 1.50 bits per heavy atom. The van der Waals surface area contributed by atoms with Crippen molar-refractivity contribution in [3.8, 4) is 0 Å². The molecule has 2 heteroatoms. The second kappa shape index (κ2) is 7.86. The van der Waals surface area contributed by atoms with E-state index in [2.05, 4.69) is 39.8 Å². The molecule has 0 N–H and O–H groups in total. The van der Waals surface area contributed by atoms with E-state index in [0.29, 0.717) is 0 Å². The average Bonchev–Trinajstić information content (AvgIpc) is 2.24. The third kappa shape index (κ3) is 4.65. The van der Waals surface area contributed by atoms with Crippen LogP contribution >= 0.6 is 0 Å². The van der Waals surface area contributed by atoms with Crippen LogP contribution in [0.4, 0.5) is 0 Å². The van der Waals surface area contributed by atoms with Gasteiger partial charge in [0.2, 0.25) is 8.32 Å². The molecule has 0 unspecified atom stereocenters. The van der Waals surface area contributed by atoms with E-state index in [1.54, 1.807) is 0 Å². The highest BCUT2D eigenvalue weighted by molar-refractivity contribution is 6.73. The monoisotopic (exact) mass is 212 g/mol. The molecule has 0 radical (unpaired) electrons. The Bertz CT molecular complexity index is 172. The van der Waals surface area contributed by atoms with Gasteiger partial charge in [-0.1, -0.05) is 39.8 Å². The minimum atomic E-state index is -1.40. The standard InChI is InChI=1S/C12H24OSi/c1-5-9-10-11-12-13-14(6-2,7-3)8-4/h9-12H,5-8H2,1-4H3/b10-9+,12-11+. The second-order valence-electron chi connectivity index (χ2n) is 3.53. The smallest absolute Gasteiger partial charge is 0.249 e. The summed E-state index contributed by atoms with van der Waals surface area (Å²) in [4.78, 5) is 0. The highest BCUT2D eigenvalue weighted by Crippen LogP contribution is 2.21. The first-order chi connectivity index (χ1) is 6.74. The number of allylic oxidation sites excluding steroid dienone is 3. The zero-order chi connectivity index (χ0) is 10.9. The molecule has 0 saturated carbocycles. The molecule has 0 aliphatic heterocycles. The van der Waals surface area contributed by atoms with E-state index in [9.17, 15) is 0 Å². The topological polar surface area (TPSA) is 9.23 Å². The molecule has 0 aliphatic rings. The van der Waals surface area contributed by atoms with Crippen LogP contribution in [0, 0.1) is 0 Å². The SMILES string of the molecule is CC/C=C/C=C/O[Si](CC)(CC)CC. The van der Waals surface area contributed by atoms with Gasteiger partial charge in [0.05, 0.1) is 6.26 Å². The quantitative estimate of drug-likeness (QED) is 0.343. The summed E-state index contributed by atoms with van der Waals surface area (Å²) in [7, 11) is -1.40. The highest BCUT2D eigenvalue weighted by atomic mass is 28.4. The maximum absolute atomic E-state index is 5.93. The van der Waals surface area contributed by atoms with E-state index < -0.39 is 8.32 Å². The molecule has 0 spiro atoms. The lowest BCUT2D eigenvalue weighted by Crippen LogP contribution is -2.33. The zero-order valence-electron chi connectivity index (χ0n) is 10.0. The van der Waals surface area contributed by atoms with Crippen molar-refractivity contribution >= 4 is 8.32 Å². The van der Waals surface area contributed by atoms with Crippen molar-refractivity contribution in [1.82, 2.24) is 0 Å². The van der Waals surface area contributed by atoms with Crippen molar-refractivity contribution in [1.29, 1.82) is 0 Å². The molecular formula is C12H24OSi. The Labute approximate surface area is 90.0 Å². The molecule has 0 fully saturated rings. The molecule has 0 aromatic carbocycles. The largest absolute Gasteiger partial charge is 0.549 e. The normalized spacial score (nSPS) is 12.9. The van der Waals surface area contributed by atoms with E-state index in [4.69, 9.17) is 4.43 Å². The Kier molecular flexibility index (Phi) is 7.58. The summed E-state index contributed by atoms with van der Waals surface area (Å²) >= 11 is 0. The lowest BCUT2D eigenvalue weighted by molar-refractivity contribution is 0.458. The van der Waals surface area contributed by atoms with Gasteiger partial charge < -0.3 is 4.43 Å². The van der Waals surface area contributed by atoms with Gasteiger partial charge in [0.1, 0.15) is 0 Å². The first-order valence-electron chi connectivity index (χ1n) is 5.74. The molecule has 0 rings (SSSR count). The molecule has 0 heterocycles. The summed E-state index contributed by atoms with van der Waals surface area (Å²) in [5.74, 6) is 0. The van der Waals surface area contributed by atoms with Gasteiger partial charge in [-0.15, -0.1) is 0 Å². The molecule has 14 heavy (non-hydrogen) atoms. The van der Waals surface area contributed by atoms with Crippen LogP contribution in [0.1, 0.15) is 34.1 Å². The van der Waals surface area contributed by atoms with Crippen LogP contribution in [0.15, 0.2) is 24.5 Å². The number of hydrogen-bond donors (Lipinski definition) is 0. The molecular weight excluding hydrogens is 188 g/mol. The van der Waals surface area contributed by atoms with E-state index in [1.807, 2.05) is 12.3 Å². The van der Waals surface area contributed by atoms with Crippen molar-refractivity contribution in [3.05, 3.63) is 24.5 Å². The Morgan fingerprint density at radius 1 is 0.929 bits per heavy atom. The van der Waals surface area contributed by atoms with Gasteiger partial charge in [-0.2, -0.15) is 0 Å². The van der Waals surface area contributed by atoms with Gasteiger partial charge in [-0.25, -0.2) is 0 Å². The highest BCUT2D eigenvalue weighted by Gasteiger charge is 2.28. The molecule has 1 nitrogen and oxygen atoms in total. The van der Waals surface area contributed by atoms with Crippen LogP contribution in [-0.2, 0) is 4.43 Å². The fraction of sp³-hybridized carbons (Fsp3) is 0.667. The van der Waals surface area contributed by atoms with Gasteiger partial charge in [-0.3, -0.25) is 0 Å². The summed E-state index contributed by atoms with van der Waals surface area (Å²) < 4.78 is 5.93. The van der Waals surface area contributed by atoms with Gasteiger partial charge >= 0.3 is 0 Å². The lowest BCUT2D eigenvalue weighted by atomic mass is 10.4. The minimum Gasteiger partial charge on any atom is -0.549 e. The lowest BCUT2D eigenvalue weighted by Gasteiger charge is -2.26. The van der Waals surface area contributed by atoms with E-state index in [-0.39, 0.29) is 0 Å². The van der Waals surface area contributed by atoms with Gasteiger partial charge in [0.15, 0.2) is 0 Å². The molecule has 0 saturated heterocycles. The fourth-order valence-electron chi connectivity index (χ4n) is 1.44. The Balaban J connectivity index is 4.05. The van der Waals surface area contributed by atoms with Crippen LogP contribution < -0.4 is 0 Å². The number of rotatable bonds is 7. The van der Waals surface area contributed by atoms with Crippen molar-refractivity contribution in [2.75, 3.05) is 0 Å². The second-order valence-corrected chi connectivity index (χ2v) is 8.25. The van der Waals surface area contributed by atoms with Gasteiger partial charge in [-0.05, 0) is 30.6 Å². The number of hydrogen-bond acceptors (Lipinski definition) is 1. The summed E-state index contributed by atoms with van der Waals surface area (Å²) in [6, 6.07) is 3.63. The predicted octanol–water partition coefficient (Wildman–Crippen LogP) is 4.49. The maximum atomic E-state index is 5.93. The average molecular weight is 212 g/mol. The molecule has 82 valence electrons. The van der Waals surface area contributed by atoms with Crippen LogP contribution in [0.25, 0.3) is 0 Å². The molecule has 0 amide bonds. The van der Waals surface area contributed by atoms with Gasteiger partial charge in [0.25, 0.3) is 0 Å². The third-order valence-electron chi connectivity index (χ3n) is 2.81. The first-order valence-corrected chi connectivity index (χ1v) is 8.27. The Hall–Kier alpha value is -0.503. The molecule has 0 atom stereocenters. The molecule has 0 aromatic rings. The van der Waals surface area contributed by atoms with Crippen molar-refractivity contribution < 1.29 is 4.43 Å². The van der Waals surface area contributed by atoms with Crippen LogP contribution in [0.5, 0.6) is 0 Å². The van der Waals surface area contributed by atoms with Gasteiger partial charge in [0, 0.05) is 0 Å². The van der Waals surface area contributed by atoms with Crippen molar-refractivity contribution in [2.24, 2.45) is 0 Å². The first kappa shape index (κ1) is 13.5. The fourth-order valence-corrected chi connectivity index (χ4v) is 3.81. The summed E-state index contributed by atoms with van der Waals surface area (Å²) in [5, 5.41) is 0. The molecule has 0 aliphatic carbocycles. The van der Waals surface area contributed by atoms with Crippen molar-refractivity contribution in [3.63, 3.8) is 0 Å². The summed E-state index contributed by atoms with van der Waals surface area (Å²) in [6.45, 7) is 8.87. The van der Waals surface area contributed by atoms with Crippen LogP contribution in [0.3, 0.4) is 0 Å². The van der Waals surface area contributed by atoms with Crippen LogP contribution in [0.2, 0.25) is 18.1 Å². The Morgan fingerprint density at radius 3 is 1.93 bits per heavy atom. The maximum Gasteiger partial charge on any atom is 0.249 e. The predicted molar refractivity (Wildman–Crippen MR) is 66.9 cm³/mol. The summed E-state index contributed by atoms with van der Waals surface area (Å²) in [6.07, 6.45) is 9.16. The summed E-state index contributed by atoms with van der Waals surface area (Å²) in [5.41, 5.74) is 0. The van der Waals surface area contributed by atoms with E-state index >= 15 is 0 Å². The third-order valence-corrected chi connectivity index (χ3v) is 7.31. The molecule has 0 aromatic heterocycles. The molecule has 0 bridgehead atoms. The van der Waals surface area contributed by atoms with E-state index in [1.165, 1.54) is 18.1 Å².